The Morgan fingerprint density at radius 1 is 1.24 bits per heavy atom. The molecule has 9 heteroatoms. The van der Waals surface area contributed by atoms with Gasteiger partial charge in [0.25, 0.3) is 0 Å². The van der Waals surface area contributed by atoms with Crippen LogP contribution >= 0.6 is 0 Å². The van der Waals surface area contributed by atoms with Gasteiger partial charge in [-0.15, -0.1) is 0 Å². The zero-order valence-electron chi connectivity index (χ0n) is 11.8. The summed E-state index contributed by atoms with van der Waals surface area (Å²) in [5.41, 5.74) is 0. The minimum atomic E-state index is -4.22. The minimum absolute atomic E-state index is 0.0513. The number of carbonyl (C=O) groups is 1. The van der Waals surface area contributed by atoms with E-state index in [0.717, 1.165) is 12.1 Å². The highest BCUT2D eigenvalue weighted by atomic mass is 32.2. The third-order valence-electron chi connectivity index (χ3n) is 2.44. The van der Waals surface area contributed by atoms with Crippen LogP contribution in [-0.2, 0) is 19.6 Å². The second-order valence-corrected chi connectivity index (χ2v) is 5.50. The highest BCUT2D eigenvalue weighted by Crippen LogP contribution is 2.31. The van der Waals surface area contributed by atoms with E-state index in [0.29, 0.717) is 0 Å². The van der Waals surface area contributed by atoms with Gasteiger partial charge in [0.15, 0.2) is 11.5 Å². The van der Waals surface area contributed by atoms with Crippen molar-refractivity contribution in [3.8, 4) is 11.5 Å². The van der Waals surface area contributed by atoms with Crippen LogP contribution in [0.25, 0.3) is 0 Å². The van der Waals surface area contributed by atoms with Crippen molar-refractivity contribution in [1.82, 2.24) is 4.72 Å². The number of benzene rings is 1. The second kappa shape index (κ2) is 7.23. The quantitative estimate of drug-likeness (QED) is 0.743. The normalized spacial score (nSPS) is 11.0. The lowest BCUT2D eigenvalue weighted by molar-refractivity contribution is -0.141. The first-order valence-corrected chi connectivity index (χ1v) is 7.40. The van der Waals surface area contributed by atoms with E-state index in [2.05, 4.69) is 4.74 Å². The molecule has 0 radical (unpaired) electrons. The lowest BCUT2D eigenvalue weighted by Crippen LogP contribution is -2.31. The first kappa shape index (κ1) is 17.2. The maximum Gasteiger partial charge on any atom is 0.321 e. The molecule has 0 amide bonds. The summed E-state index contributed by atoms with van der Waals surface area (Å²) >= 11 is 0. The van der Waals surface area contributed by atoms with Gasteiger partial charge in [0.05, 0.1) is 20.8 Å². The molecule has 0 aromatic heterocycles. The zero-order valence-corrected chi connectivity index (χ0v) is 12.6. The molecule has 0 atom stereocenters. The molecule has 7 nitrogen and oxygen atoms in total. The summed E-state index contributed by atoms with van der Waals surface area (Å²) in [5.74, 6) is -1.68. The smallest absolute Gasteiger partial charge is 0.321 e. The molecule has 0 aliphatic rings. The van der Waals surface area contributed by atoms with Crippen molar-refractivity contribution in [1.29, 1.82) is 0 Å². The fourth-order valence-electron chi connectivity index (χ4n) is 1.49. The van der Waals surface area contributed by atoms with Crippen LogP contribution in [0.4, 0.5) is 4.39 Å². The van der Waals surface area contributed by atoms with Crippen LogP contribution in [0.3, 0.4) is 0 Å². The molecule has 1 aromatic rings. The van der Waals surface area contributed by atoms with Crippen molar-refractivity contribution in [2.75, 3.05) is 27.4 Å². The number of sulfonamides is 1. The molecule has 0 spiro atoms. The maximum absolute atomic E-state index is 13.9. The molecule has 0 heterocycles. The Hall–Kier alpha value is -1.87. The summed E-state index contributed by atoms with van der Waals surface area (Å²) in [4.78, 5) is 10.5. The highest BCUT2D eigenvalue weighted by molar-refractivity contribution is 7.89. The minimum Gasteiger partial charge on any atom is -0.493 e. The molecule has 0 saturated carbocycles. The van der Waals surface area contributed by atoms with Gasteiger partial charge in [0, 0.05) is 12.1 Å². The van der Waals surface area contributed by atoms with Crippen molar-refractivity contribution in [3.05, 3.63) is 17.9 Å². The lowest BCUT2D eigenvalue weighted by Gasteiger charge is -2.12. The monoisotopic (exact) mass is 321 g/mol. The Morgan fingerprint density at radius 2 is 1.81 bits per heavy atom. The van der Waals surface area contributed by atoms with Gasteiger partial charge in [-0.05, 0) is 6.92 Å². The van der Waals surface area contributed by atoms with Gasteiger partial charge in [-0.1, -0.05) is 0 Å². The molecule has 0 fully saturated rings. The largest absolute Gasteiger partial charge is 0.493 e. The van der Waals surface area contributed by atoms with Crippen LogP contribution in [0.2, 0.25) is 0 Å². The molecule has 1 N–H and O–H groups in total. The van der Waals surface area contributed by atoms with E-state index in [4.69, 9.17) is 9.47 Å². The van der Waals surface area contributed by atoms with Crippen LogP contribution in [0.5, 0.6) is 11.5 Å². The lowest BCUT2D eigenvalue weighted by atomic mass is 10.3. The number of rotatable bonds is 7. The number of ether oxygens (including phenoxy) is 3. The standard InChI is InChI=1S/C12H16FNO6S/c1-4-20-12(15)7-14-21(16,17)11-6-10(19-3)9(18-2)5-8(11)13/h5-6,14H,4,7H2,1-3H3. The van der Waals surface area contributed by atoms with Crippen molar-refractivity contribution in [2.45, 2.75) is 11.8 Å². The van der Waals surface area contributed by atoms with Crippen LogP contribution in [0, 0.1) is 5.82 Å². The Kier molecular flexibility index (Phi) is 5.91. The molecule has 0 bridgehead atoms. The molecular formula is C12H16FNO6S. The number of methoxy groups -OCH3 is 2. The second-order valence-electron chi connectivity index (χ2n) is 3.77. The van der Waals surface area contributed by atoms with Gasteiger partial charge >= 0.3 is 5.97 Å². The first-order chi connectivity index (χ1) is 9.85. The van der Waals surface area contributed by atoms with Gasteiger partial charge in [-0.3, -0.25) is 4.79 Å². The maximum atomic E-state index is 13.9. The van der Waals surface area contributed by atoms with E-state index >= 15 is 0 Å². The molecule has 0 aliphatic heterocycles. The average Bonchev–Trinajstić information content (AvgIpc) is 2.45. The Bertz CT molecular complexity index is 616. The van der Waals surface area contributed by atoms with Crippen molar-refractivity contribution < 1.29 is 31.8 Å². The highest BCUT2D eigenvalue weighted by Gasteiger charge is 2.23. The molecule has 1 aromatic carbocycles. The third-order valence-corrected chi connectivity index (χ3v) is 3.86. The predicted octanol–water partition coefficient (Wildman–Crippen LogP) is 0.684. The van der Waals surface area contributed by atoms with E-state index in [9.17, 15) is 17.6 Å². The number of hydrogen-bond acceptors (Lipinski definition) is 6. The van der Waals surface area contributed by atoms with Gasteiger partial charge in [-0.25, -0.2) is 12.8 Å². The van der Waals surface area contributed by atoms with Gasteiger partial charge in [-0.2, -0.15) is 4.72 Å². The van der Waals surface area contributed by atoms with E-state index < -0.39 is 33.3 Å². The fraction of sp³-hybridized carbons (Fsp3) is 0.417. The summed E-state index contributed by atoms with van der Waals surface area (Å²) in [5, 5.41) is 0. The molecule has 0 saturated heterocycles. The van der Waals surface area contributed by atoms with E-state index in [1.54, 1.807) is 6.92 Å². The molecule has 118 valence electrons. The Balaban J connectivity index is 3.05. The van der Waals surface area contributed by atoms with Gasteiger partial charge < -0.3 is 14.2 Å². The molecule has 0 aliphatic carbocycles. The summed E-state index contributed by atoms with van der Waals surface area (Å²) < 4.78 is 54.1. The number of esters is 1. The molecule has 0 unspecified atom stereocenters. The fourth-order valence-corrected chi connectivity index (χ4v) is 2.53. The van der Waals surface area contributed by atoms with Crippen LogP contribution in [0.1, 0.15) is 6.92 Å². The van der Waals surface area contributed by atoms with Crippen LogP contribution in [-0.4, -0.2) is 41.8 Å². The zero-order chi connectivity index (χ0) is 16.0. The van der Waals surface area contributed by atoms with Crippen LogP contribution in [0.15, 0.2) is 17.0 Å². The van der Waals surface area contributed by atoms with Gasteiger partial charge in [0.2, 0.25) is 10.0 Å². The number of nitrogens with one attached hydrogen (secondary N) is 1. The van der Waals surface area contributed by atoms with E-state index in [-0.39, 0.29) is 18.1 Å². The van der Waals surface area contributed by atoms with Crippen molar-refractivity contribution >= 4 is 16.0 Å². The van der Waals surface area contributed by atoms with Crippen molar-refractivity contribution in [2.24, 2.45) is 0 Å². The summed E-state index contributed by atoms with van der Waals surface area (Å²) in [6.07, 6.45) is 0. The molecular weight excluding hydrogens is 305 g/mol. The summed E-state index contributed by atoms with van der Waals surface area (Å²) in [6.45, 7) is 1.11. The van der Waals surface area contributed by atoms with Crippen molar-refractivity contribution in [3.63, 3.8) is 0 Å². The molecule has 1 rings (SSSR count). The first-order valence-electron chi connectivity index (χ1n) is 5.92. The number of carbonyl (C=O) groups excluding carboxylic acids is 1. The number of halogens is 1. The van der Waals surface area contributed by atoms with E-state index in [1.807, 2.05) is 4.72 Å². The summed E-state index contributed by atoms with van der Waals surface area (Å²) in [7, 11) is -1.64. The third kappa shape index (κ3) is 4.30. The average molecular weight is 321 g/mol. The number of hydrogen-bond donors (Lipinski definition) is 1. The van der Waals surface area contributed by atoms with Gasteiger partial charge in [0.1, 0.15) is 17.3 Å². The van der Waals surface area contributed by atoms with E-state index in [1.165, 1.54) is 14.2 Å². The predicted molar refractivity (Wildman–Crippen MR) is 71.3 cm³/mol. The Labute approximate surface area is 122 Å². The topological polar surface area (TPSA) is 90.9 Å². The molecule has 21 heavy (non-hydrogen) atoms. The Morgan fingerprint density at radius 3 is 2.33 bits per heavy atom. The SMILES string of the molecule is CCOC(=O)CNS(=O)(=O)c1cc(OC)c(OC)cc1F. The van der Waals surface area contributed by atoms with Crippen LogP contribution < -0.4 is 14.2 Å². The summed E-state index contributed by atoms with van der Waals surface area (Å²) in [6, 6.07) is 1.86.